The summed E-state index contributed by atoms with van der Waals surface area (Å²) in [4.78, 5) is 12.7. The molecule has 0 aliphatic carbocycles. The van der Waals surface area contributed by atoms with Gasteiger partial charge in [0.15, 0.2) is 5.11 Å². The molecule has 9 heteroatoms. The lowest BCUT2D eigenvalue weighted by molar-refractivity contribution is 0.0977. The van der Waals surface area contributed by atoms with Crippen LogP contribution in [0.15, 0.2) is 71.6 Å². The minimum Gasteiger partial charge on any atom is -0.491 e. The van der Waals surface area contributed by atoms with Crippen molar-refractivity contribution in [2.45, 2.75) is 45.1 Å². The van der Waals surface area contributed by atoms with Crippen molar-refractivity contribution in [3.05, 3.63) is 83.4 Å². The highest BCUT2D eigenvalue weighted by Gasteiger charge is 2.15. The van der Waals surface area contributed by atoms with E-state index < -0.39 is 10.0 Å². The van der Waals surface area contributed by atoms with E-state index in [-0.39, 0.29) is 22.0 Å². The molecule has 184 valence electrons. The van der Waals surface area contributed by atoms with Crippen molar-refractivity contribution in [1.29, 1.82) is 0 Å². The zero-order valence-corrected chi connectivity index (χ0v) is 21.7. The number of rotatable bonds is 8. The zero-order valence-electron chi connectivity index (χ0n) is 20.1. The van der Waals surface area contributed by atoms with Gasteiger partial charge in [0.2, 0.25) is 0 Å². The van der Waals surface area contributed by atoms with Crippen molar-refractivity contribution in [3.8, 4) is 5.75 Å². The second-order valence-corrected chi connectivity index (χ2v) is 10.4. The summed E-state index contributed by atoms with van der Waals surface area (Å²) < 4.78 is 33.9. The summed E-state index contributed by atoms with van der Waals surface area (Å²) in [6.07, 6.45) is 0.894. The van der Waals surface area contributed by atoms with E-state index in [1.54, 1.807) is 48.5 Å². The van der Waals surface area contributed by atoms with Gasteiger partial charge >= 0.3 is 0 Å². The number of carbonyl (C=O) groups is 1. The van der Waals surface area contributed by atoms with Gasteiger partial charge in [-0.1, -0.05) is 19.1 Å². The van der Waals surface area contributed by atoms with Crippen LogP contribution in [0.5, 0.6) is 5.75 Å². The highest BCUT2D eigenvalue weighted by molar-refractivity contribution is 7.92. The van der Waals surface area contributed by atoms with Crippen LogP contribution in [0, 0.1) is 13.8 Å². The number of carbonyl (C=O) groups excluding carboxylic acids is 1. The van der Waals surface area contributed by atoms with Crippen LogP contribution in [-0.2, 0) is 10.0 Å². The highest BCUT2D eigenvalue weighted by atomic mass is 32.2. The van der Waals surface area contributed by atoms with Gasteiger partial charge in [-0.3, -0.25) is 14.8 Å². The van der Waals surface area contributed by atoms with Crippen molar-refractivity contribution in [2.24, 2.45) is 0 Å². The van der Waals surface area contributed by atoms with E-state index in [1.807, 2.05) is 33.8 Å². The summed E-state index contributed by atoms with van der Waals surface area (Å²) >= 11 is 5.25. The average molecular weight is 512 g/mol. The second-order valence-electron chi connectivity index (χ2n) is 8.28. The van der Waals surface area contributed by atoms with Crippen LogP contribution in [0.1, 0.15) is 41.8 Å². The fraction of sp³-hybridized carbons (Fsp3) is 0.231. The van der Waals surface area contributed by atoms with E-state index in [9.17, 15) is 13.2 Å². The molecule has 0 radical (unpaired) electrons. The lowest BCUT2D eigenvalue weighted by atomic mass is 10.1. The summed E-state index contributed by atoms with van der Waals surface area (Å²) in [6, 6.07) is 18.5. The van der Waals surface area contributed by atoms with E-state index >= 15 is 0 Å². The van der Waals surface area contributed by atoms with Crippen LogP contribution in [-0.4, -0.2) is 25.5 Å². The van der Waals surface area contributed by atoms with E-state index in [4.69, 9.17) is 17.0 Å². The van der Waals surface area contributed by atoms with E-state index in [1.165, 1.54) is 12.1 Å². The molecule has 0 fully saturated rings. The molecule has 3 aromatic rings. The third-order valence-corrected chi connectivity index (χ3v) is 6.73. The Labute approximate surface area is 212 Å². The first-order chi connectivity index (χ1) is 16.6. The van der Waals surface area contributed by atoms with Gasteiger partial charge in [0, 0.05) is 16.9 Å². The van der Waals surface area contributed by atoms with Gasteiger partial charge in [-0.15, -0.1) is 0 Å². The lowest BCUT2D eigenvalue weighted by Crippen LogP contribution is -2.34. The first-order valence-electron chi connectivity index (χ1n) is 11.2. The summed E-state index contributed by atoms with van der Waals surface area (Å²) in [7, 11) is -3.75. The second kappa shape index (κ2) is 11.3. The molecule has 1 amide bonds. The van der Waals surface area contributed by atoms with Crippen LogP contribution >= 0.6 is 12.2 Å². The number of benzene rings is 3. The molecule has 0 saturated carbocycles. The van der Waals surface area contributed by atoms with Crippen molar-refractivity contribution in [1.82, 2.24) is 5.32 Å². The first kappa shape index (κ1) is 26.2. The van der Waals surface area contributed by atoms with Gasteiger partial charge in [0.25, 0.3) is 15.9 Å². The predicted molar refractivity (Wildman–Crippen MR) is 144 cm³/mol. The average Bonchev–Trinajstić information content (AvgIpc) is 2.78. The van der Waals surface area contributed by atoms with Gasteiger partial charge in [0.1, 0.15) is 5.75 Å². The van der Waals surface area contributed by atoms with E-state index in [2.05, 4.69) is 15.4 Å². The summed E-state index contributed by atoms with van der Waals surface area (Å²) in [5.74, 6) is 0.228. The maximum absolute atomic E-state index is 12.7. The lowest BCUT2D eigenvalue weighted by Gasteiger charge is -2.14. The normalized spacial score (nSPS) is 11.9. The Kier molecular flexibility index (Phi) is 8.48. The fourth-order valence-corrected chi connectivity index (χ4v) is 4.58. The minimum absolute atomic E-state index is 0.0407. The third kappa shape index (κ3) is 7.53. The Bertz CT molecular complexity index is 1300. The molecule has 0 spiro atoms. The van der Waals surface area contributed by atoms with Gasteiger partial charge in [0.05, 0.1) is 11.0 Å². The topological polar surface area (TPSA) is 96.5 Å². The number of amides is 1. The molecule has 1 atom stereocenters. The van der Waals surface area contributed by atoms with E-state index in [0.29, 0.717) is 22.7 Å². The van der Waals surface area contributed by atoms with Gasteiger partial charge < -0.3 is 10.1 Å². The Hall–Kier alpha value is -3.43. The number of sulfonamides is 1. The largest absolute Gasteiger partial charge is 0.491 e. The number of hydrogen-bond donors (Lipinski definition) is 3. The van der Waals surface area contributed by atoms with Gasteiger partial charge in [-0.2, -0.15) is 0 Å². The smallest absolute Gasteiger partial charge is 0.261 e. The molecule has 0 aliphatic heterocycles. The Balaban J connectivity index is 1.61. The number of nitrogens with one attached hydrogen (secondary N) is 3. The molecule has 0 aromatic heterocycles. The van der Waals surface area contributed by atoms with Crippen LogP contribution in [0.4, 0.5) is 11.4 Å². The fourth-order valence-electron chi connectivity index (χ4n) is 3.33. The molecule has 3 rings (SSSR count). The van der Waals surface area contributed by atoms with Gasteiger partial charge in [-0.25, -0.2) is 8.42 Å². The third-order valence-electron chi connectivity index (χ3n) is 5.13. The summed E-state index contributed by atoms with van der Waals surface area (Å²) in [6.45, 7) is 7.80. The van der Waals surface area contributed by atoms with Crippen LogP contribution < -0.4 is 20.1 Å². The summed E-state index contributed by atoms with van der Waals surface area (Å²) in [5.41, 5.74) is 3.38. The van der Waals surface area contributed by atoms with Crippen molar-refractivity contribution < 1.29 is 17.9 Å². The SMILES string of the molecule is CCC(C)Oc1cccc(C(=O)NC(=S)Nc2ccc(S(=O)(=O)Nc3cc(C)cc(C)c3)cc2)c1. The Morgan fingerprint density at radius 2 is 1.63 bits per heavy atom. The maximum Gasteiger partial charge on any atom is 0.261 e. The summed E-state index contributed by atoms with van der Waals surface area (Å²) in [5, 5.41) is 5.61. The molecule has 3 N–H and O–H groups in total. The van der Waals surface area contributed by atoms with Crippen molar-refractivity contribution >= 4 is 44.6 Å². The van der Waals surface area contributed by atoms with E-state index in [0.717, 1.165) is 17.5 Å². The minimum atomic E-state index is -3.75. The van der Waals surface area contributed by atoms with Crippen LogP contribution in [0.3, 0.4) is 0 Å². The molecule has 1 unspecified atom stereocenters. The predicted octanol–water partition coefficient (Wildman–Crippen LogP) is 5.41. The monoisotopic (exact) mass is 511 g/mol. The van der Waals surface area contributed by atoms with Crippen molar-refractivity contribution in [2.75, 3.05) is 10.0 Å². The number of aryl methyl sites for hydroxylation is 2. The molecule has 0 aliphatic rings. The van der Waals surface area contributed by atoms with Crippen LogP contribution in [0.2, 0.25) is 0 Å². The molecule has 0 bridgehead atoms. The first-order valence-corrected chi connectivity index (χ1v) is 13.0. The number of anilines is 2. The molecule has 7 nitrogen and oxygen atoms in total. The molecular weight excluding hydrogens is 482 g/mol. The van der Waals surface area contributed by atoms with Gasteiger partial charge in [-0.05, 0) is 105 Å². The quantitative estimate of drug-likeness (QED) is 0.350. The van der Waals surface area contributed by atoms with Crippen LogP contribution in [0.25, 0.3) is 0 Å². The molecule has 3 aromatic carbocycles. The number of thiocarbonyl (C=S) groups is 1. The standard InChI is InChI=1S/C26H29N3O4S2/c1-5-19(4)33-23-8-6-7-20(16-23)25(30)28-26(34)27-21-9-11-24(12-10-21)35(31,32)29-22-14-17(2)13-18(3)15-22/h6-16,19,29H,5H2,1-4H3,(H2,27,28,30,34). The highest BCUT2D eigenvalue weighted by Crippen LogP contribution is 2.21. The zero-order chi connectivity index (χ0) is 25.6. The molecular formula is C26H29N3O4S2. The molecule has 35 heavy (non-hydrogen) atoms. The molecule has 0 saturated heterocycles. The molecule has 0 heterocycles. The van der Waals surface area contributed by atoms with Crippen molar-refractivity contribution in [3.63, 3.8) is 0 Å². The Morgan fingerprint density at radius 3 is 2.26 bits per heavy atom. The Morgan fingerprint density at radius 1 is 0.971 bits per heavy atom. The number of ether oxygens (including phenoxy) is 1. The maximum atomic E-state index is 12.7. The number of hydrogen-bond acceptors (Lipinski definition) is 5.